The number of amides is 1. The van der Waals surface area contributed by atoms with Crippen molar-refractivity contribution in [2.24, 2.45) is 5.92 Å². The van der Waals surface area contributed by atoms with Gasteiger partial charge in [-0.05, 0) is 42.5 Å². The topological polar surface area (TPSA) is 108 Å². The molecule has 0 bridgehead atoms. The molecule has 0 saturated heterocycles. The summed E-state index contributed by atoms with van der Waals surface area (Å²) in [7, 11) is 0. The molecule has 1 atom stereocenters. The van der Waals surface area contributed by atoms with Crippen LogP contribution in [0.15, 0.2) is 24.4 Å². The molecule has 1 aliphatic heterocycles. The molecule has 1 amide bonds. The molecule has 8 nitrogen and oxygen atoms in total. The fraction of sp³-hybridized carbons (Fsp3) is 0.500. The molecule has 2 aromatic rings. The SMILES string of the molecule is CC(C)CC(Oc1ccc2c(c1)CCN2C(=O)CNCCC(=O)O)c1c[nH]nc1C(F)(F)F. The van der Waals surface area contributed by atoms with Gasteiger partial charge in [-0.15, -0.1) is 0 Å². The number of aromatic nitrogens is 2. The fourth-order valence-electron chi connectivity index (χ4n) is 3.80. The van der Waals surface area contributed by atoms with Gasteiger partial charge in [-0.3, -0.25) is 14.7 Å². The summed E-state index contributed by atoms with van der Waals surface area (Å²) >= 11 is 0. The Morgan fingerprint density at radius 3 is 2.76 bits per heavy atom. The summed E-state index contributed by atoms with van der Waals surface area (Å²) in [5.41, 5.74) is 0.549. The summed E-state index contributed by atoms with van der Waals surface area (Å²) in [4.78, 5) is 24.7. The maximum atomic E-state index is 13.4. The Balaban J connectivity index is 1.73. The van der Waals surface area contributed by atoms with Crippen LogP contribution in [0.2, 0.25) is 0 Å². The van der Waals surface area contributed by atoms with Crippen molar-refractivity contribution >= 4 is 17.6 Å². The number of benzene rings is 1. The van der Waals surface area contributed by atoms with Crippen molar-refractivity contribution in [3.63, 3.8) is 0 Å². The minimum absolute atomic E-state index is 0.0160. The summed E-state index contributed by atoms with van der Waals surface area (Å²) in [6, 6.07) is 5.11. The van der Waals surface area contributed by atoms with Crippen LogP contribution in [0.25, 0.3) is 0 Å². The van der Waals surface area contributed by atoms with E-state index in [0.29, 0.717) is 30.8 Å². The van der Waals surface area contributed by atoms with Gasteiger partial charge in [0.1, 0.15) is 11.9 Å². The minimum atomic E-state index is -4.59. The molecule has 11 heteroatoms. The first-order valence-corrected chi connectivity index (χ1v) is 10.7. The Kier molecular flexibility index (Phi) is 7.62. The average molecular weight is 468 g/mol. The van der Waals surface area contributed by atoms with E-state index >= 15 is 0 Å². The number of carbonyl (C=O) groups is 2. The second-order valence-corrected chi connectivity index (χ2v) is 8.33. The highest BCUT2D eigenvalue weighted by molar-refractivity contribution is 5.96. The number of anilines is 1. The molecule has 33 heavy (non-hydrogen) atoms. The largest absolute Gasteiger partial charge is 0.486 e. The molecule has 3 rings (SSSR count). The number of ether oxygens (including phenoxy) is 1. The van der Waals surface area contributed by atoms with Crippen molar-refractivity contribution in [1.29, 1.82) is 0 Å². The summed E-state index contributed by atoms with van der Waals surface area (Å²) in [6.07, 6.45) is -3.33. The normalized spacial score (nSPS) is 14.4. The van der Waals surface area contributed by atoms with Crippen molar-refractivity contribution in [2.75, 3.05) is 24.5 Å². The van der Waals surface area contributed by atoms with E-state index in [4.69, 9.17) is 9.84 Å². The first-order chi connectivity index (χ1) is 15.6. The lowest BCUT2D eigenvalue weighted by Crippen LogP contribution is -2.37. The molecular weight excluding hydrogens is 441 g/mol. The molecule has 0 spiro atoms. The predicted octanol–water partition coefficient (Wildman–Crippen LogP) is 3.55. The molecule has 0 fully saturated rings. The smallest absolute Gasteiger partial charge is 0.435 e. The number of alkyl halides is 3. The van der Waals surface area contributed by atoms with E-state index in [1.165, 1.54) is 6.20 Å². The number of hydrogen-bond donors (Lipinski definition) is 3. The summed E-state index contributed by atoms with van der Waals surface area (Å²) in [5, 5.41) is 17.2. The van der Waals surface area contributed by atoms with Gasteiger partial charge in [0.25, 0.3) is 0 Å². The van der Waals surface area contributed by atoms with Crippen LogP contribution in [0.4, 0.5) is 18.9 Å². The number of carboxylic acid groups (broad SMARTS) is 1. The molecule has 1 aromatic carbocycles. The van der Waals surface area contributed by atoms with Crippen LogP contribution in [0.5, 0.6) is 5.75 Å². The molecule has 1 aromatic heterocycles. The third kappa shape index (κ3) is 6.25. The number of rotatable bonds is 10. The van der Waals surface area contributed by atoms with E-state index in [2.05, 4.69) is 15.5 Å². The minimum Gasteiger partial charge on any atom is -0.486 e. The zero-order valence-corrected chi connectivity index (χ0v) is 18.4. The second-order valence-electron chi connectivity index (χ2n) is 8.33. The average Bonchev–Trinajstić information content (AvgIpc) is 3.37. The molecule has 0 aliphatic carbocycles. The molecule has 1 unspecified atom stereocenters. The number of nitrogens with one attached hydrogen (secondary N) is 2. The number of nitrogens with zero attached hydrogens (tertiary/aromatic N) is 2. The van der Waals surface area contributed by atoms with Gasteiger partial charge in [0, 0.05) is 30.5 Å². The first-order valence-electron chi connectivity index (χ1n) is 10.7. The van der Waals surface area contributed by atoms with Gasteiger partial charge in [-0.2, -0.15) is 18.3 Å². The number of aliphatic carboxylic acids is 1. The Morgan fingerprint density at radius 2 is 2.09 bits per heavy atom. The predicted molar refractivity (Wildman–Crippen MR) is 114 cm³/mol. The van der Waals surface area contributed by atoms with Crippen LogP contribution in [0.1, 0.15) is 49.6 Å². The molecule has 0 radical (unpaired) electrons. The lowest BCUT2D eigenvalue weighted by atomic mass is 9.99. The van der Waals surface area contributed by atoms with E-state index in [-0.39, 0.29) is 36.9 Å². The van der Waals surface area contributed by atoms with Crippen LogP contribution in [0.3, 0.4) is 0 Å². The lowest BCUT2D eigenvalue weighted by Gasteiger charge is -2.22. The number of halogens is 3. The van der Waals surface area contributed by atoms with Crippen LogP contribution >= 0.6 is 0 Å². The quantitative estimate of drug-likeness (QED) is 0.461. The van der Waals surface area contributed by atoms with E-state index in [0.717, 1.165) is 5.56 Å². The number of aromatic amines is 1. The van der Waals surface area contributed by atoms with Crippen LogP contribution in [-0.2, 0) is 22.2 Å². The number of carboxylic acids is 1. The Hall–Kier alpha value is -3.08. The van der Waals surface area contributed by atoms with Gasteiger partial charge in [-0.1, -0.05) is 13.8 Å². The highest BCUT2D eigenvalue weighted by Gasteiger charge is 2.39. The van der Waals surface area contributed by atoms with E-state index in [9.17, 15) is 22.8 Å². The molecule has 3 N–H and O–H groups in total. The van der Waals surface area contributed by atoms with Gasteiger partial charge in [0.2, 0.25) is 5.91 Å². The number of H-pyrrole nitrogens is 1. The van der Waals surface area contributed by atoms with Gasteiger partial charge in [0.05, 0.1) is 13.0 Å². The van der Waals surface area contributed by atoms with Crippen LogP contribution in [-0.4, -0.2) is 46.8 Å². The van der Waals surface area contributed by atoms with Crippen molar-refractivity contribution in [3.05, 3.63) is 41.2 Å². The summed E-state index contributed by atoms with van der Waals surface area (Å²) in [6.45, 7) is 4.48. The van der Waals surface area contributed by atoms with Crippen molar-refractivity contribution in [3.8, 4) is 5.75 Å². The van der Waals surface area contributed by atoms with Crippen LogP contribution < -0.4 is 15.0 Å². The second kappa shape index (κ2) is 10.2. The van der Waals surface area contributed by atoms with E-state index in [1.54, 1.807) is 23.1 Å². The number of fused-ring (bicyclic) bond motifs is 1. The molecule has 180 valence electrons. The number of carbonyl (C=O) groups excluding carboxylic acids is 1. The lowest BCUT2D eigenvalue weighted by molar-refractivity contribution is -0.142. The van der Waals surface area contributed by atoms with Gasteiger partial charge >= 0.3 is 12.1 Å². The van der Waals surface area contributed by atoms with E-state index in [1.807, 2.05) is 13.8 Å². The van der Waals surface area contributed by atoms with Crippen molar-refractivity contribution in [1.82, 2.24) is 15.5 Å². The third-order valence-electron chi connectivity index (χ3n) is 5.29. The Bertz CT molecular complexity index is 990. The Labute approximate surface area is 189 Å². The highest BCUT2D eigenvalue weighted by atomic mass is 19.4. The zero-order valence-electron chi connectivity index (χ0n) is 18.4. The van der Waals surface area contributed by atoms with Crippen LogP contribution in [0, 0.1) is 5.92 Å². The number of hydrogen-bond acceptors (Lipinski definition) is 5. The Morgan fingerprint density at radius 1 is 1.33 bits per heavy atom. The summed E-state index contributed by atoms with van der Waals surface area (Å²) < 4.78 is 46.1. The van der Waals surface area contributed by atoms with Gasteiger partial charge in [-0.25, -0.2) is 0 Å². The molecule has 1 aliphatic rings. The monoisotopic (exact) mass is 468 g/mol. The molecule has 0 saturated carbocycles. The fourth-order valence-corrected chi connectivity index (χ4v) is 3.80. The third-order valence-corrected chi connectivity index (χ3v) is 5.29. The maximum absolute atomic E-state index is 13.4. The van der Waals surface area contributed by atoms with Gasteiger partial charge in [0.15, 0.2) is 5.69 Å². The standard InChI is InChI=1S/C22H27F3N4O4/c1-13(2)9-18(16-11-27-28-21(16)22(23,24)25)33-15-3-4-17-14(10-15)6-8-29(17)19(30)12-26-7-5-20(31)32/h3-4,10-11,13,18,26H,5-9,12H2,1-2H3,(H,27,28)(H,31,32). The van der Waals surface area contributed by atoms with E-state index < -0.39 is 23.9 Å². The highest BCUT2D eigenvalue weighted by Crippen LogP contribution is 2.38. The van der Waals surface area contributed by atoms with Crippen molar-refractivity contribution < 1.29 is 32.6 Å². The van der Waals surface area contributed by atoms with Gasteiger partial charge < -0.3 is 20.1 Å². The summed E-state index contributed by atoms with van der Waals surface area (Å²) in [5.74, 6) is -0.619. The first kappa shape index (κ1) is 24.6. The molecular formula is C22H27F3N4O4. The van der Waals surface area contributed by atoms with Crippen molar-refractivity contribution in [2.45, 2.75) is 45.4 Å². The molecule has 2 heterocycles. The maximum Gasteiger partial charge on any atom is 0.435 e. The zero-order chi connectivity index (χ0) is 24.2.